The number of hydrogen-bond donors (Lipinski definition) is 2. The molecule has 2 N–H and O–H groups in total. The number of benzene rings is 4. The molecule has 6 rings (SSSR count). The van der Waals surface area contributed by atoms with Gasteiger partial charge in [0.25, 0.3) is 0 Å². The van der Waals surface area contributed by atoms with Crippen LogP contribution in [-0.2, 0) is 36.9 Å². The van der Waals surface area contributed by atoms with Gasteiger partial charge >= 0.3 is 12.1 Å². The summed E-state index contributed by atoms with van der Waals surface area (Å²) in [6, 6.07) is 34.4. The highest BCUT2D eigenvalue weighted by Gasteiger charge is 2.40. The molecule has 0 spiro atoms. The number of carbonyl (C=O) groups excluding carboxylic acids is 3. The molecule has 46 heavy (non-hydrogen) atoms. The van der Waals surface area contributed by atoms with Gasteiger partial charge in [-0.2, -0.15) is 5.06 Å². The summed E-state index contributed by atoms with van der Waals surface area (Å²) in [5.41, 5.74) is 6.29. The van der Waals surface area contributed by atoms with Crippen molar-refractivity contribution in [2.45, 2.75) is 50.5 Å². The van der Waals surface area contributed by atoms with E-state index in [2.05, 4.69) is 34.9 Å². The summed E-state index contributed by atoms with van der Waals surface area (Å²) in [6.07, 6.45) is -1.75. The summed E-state index contributed by atoms with van der Waals surface area (Å²) in [4.78, 5) is 45.6. The number of hydroxylamine groups is 2. The quantitative estimate of drug-likeness (QED) is 0.218. The molecule has 1 heterocycles. The van der Waals surface area contributed by atoms with Crippen LogP contribution in [0.15, 0.2) is 109 Å². The van der Waals surface area contributed by atoms with Gasteiger partial charge in [-0.3, -0.25) is 9.63 Å². The monoisotopic (exact) mass is 619 g/mol. The Labute approximate surface area is 268 Å². The first kappa shape index (κ1) is 31.0. The maximum Gasteiger partial charge on any atom is 0.407 e. The Morgan fingerprint density at radius 2 is 1.39 bits per heavy atom. The zero-order valence-corrected chi connectivity index (χ0v) is 25.6. The Bertz CT molecular complexity index is 1620. The number of ether oxygens (including phenoxy) is 2. The summed E-state index contributed by atoms with van der Waals surface area (Å²) in [5, 5.41) is 7.40. The van der Waals surface area contributed by atoms with E-state index >= 15 is 0 Å². The molecule has 0 aromatic heterocycles. The van der Waals surface area contributed by atoms with E-state index in [4.69, 9.17) is 14.3 Å². The third-order valence-corrected chi connectivity index (χ3v) is 8.32. The zero-order chi connectivity index (χ0) is 31.9. The second-order valence-electron chi connectivity index (χ2n) is 11.4. The largest absolute Gasteiger partial charge is 0.464 e. The van der Waals surface area contributed by atoms with Crippen molar-refractivity contribution in [3.8, 4) is 11.1 Å². The van der Waals surface area contributed by atoms with Crippen LogP contribution in [0.5, 0.6) is 0 Å². The Morgan fingerprint density at radius 1 is 0.804 bits per heavy atom. The van der Waals surface area contributed by atoms with Crippen LogP contribution in [-0.4, -0.2) is 54.6 Å². The third-order valence-electron chi connectivity index (χ3n) is 8.32. The molecule has 236 valence electrons. The predicted molar refractivity (Wildman–Crippen MR) is 172 cm³/mol. The molecule has 1 saturated heterocycles. The number of nitrogens with zero attached hydrogens (tertiary/aromatic N) is 1. The summed E-state index contributed by atoms with van der Waals surface area (Å²) in [7, 11) is 0. The van der Waals surface area contributed by atoms with Crippen molar-refractivity contribution < 1.29 is 28.7 Å². The standard InChI is InChI=1S/C37H37N3O6/c1-2-44-36(42)33-22-34(40(46-33)23-26-15-7-4-8-16-26)39-35(41)32(21-25-13-5-3-6-14-25)38-37(43)45-24-31-29-19-11-9-17-27(29)28-18-10-12-20-30(28)31/h3-20,31-34H,2,21-24H2,1H3,(H,38,43)(H,39,41)/t32-,33+,34-/m0/s1. The fourth-order valence-electron chi connectivity index (χ4n) is 6.12. The van der Waals surface area contributed by atoms with Crippen molar-refractivity contribution in [2.75, 3.05) is 13.2 Å². The number of esters is 1. The van der Waals surface area contributed by atoms with E-state index < -0.39 is 36.3 Å². The molecule has 0 bridgehead atoms. The summed E-state index contributed by atoms with van der Waals surface area (Å²) in [6.45, 7) is 2.42. The molecule has 9 nitrogen and oxygen atoms in total. The molecule has 4 aromatic carbocycles. The molecule has 0 saturated carbocycles. The van der Waals surface area contributed by atoms with Crippen molar-refractivity contribution in [2.24, 2.45) is 0 Å². The van der Waals surface area contributed by atoms with Crippen LogP contribution in [0.25, 0.3) is 11.1 Å². The molecule has 0 unspecified atom stereocenters. The predicted octanol–water partition coefficient (Wildman–Crippen LogP) is 5.35. The smallest absolute Gasteiger partial charge is 0.407 e. The van der Waals surface area contributed by atoms with Crippen LogP contribution in [0.4, 0.5) is 4.79 Å². The van der Waals surface area contributed by atoms with Gasteiger partial charge in [0, 0.05) is 18.8 Å². The van der Waals surface area contributed by atoms with Crippen molar-refractivity contribution in [3.05, 3.63) is 131 Å². The van der Waals surface area contributed by atoms with E-state index in [-0.39, 0.29) is 32.0 Å². The van der Waals surface area contributed by atoms with Crippen LogP contribution in [0.1, 0.15) is 41.5 Å². The summed E-state index contributed by atoms with van der Waals surface area (Å²) in [5.74, 6) is -1.02. The van der Waals surface area contributed by atoms with E-state index in [9.17, 15) is 14.4 Å². The highest BCUT2D eigenvalue weighted by molar-refractivity contribution is 5.86. The number of carbonyl (C=O) groups is 3. The highest BCUT2D eigenvalue weighted by Crippen LogP contribution is 2.44. The molecule has 2 aliphatic rings. The zero-order valence-electron chi connectivity index (χ0n) is 25.6. The lowest BCUT2D eigenvalue weighted by molar-refractivity contribution is -0.195. The van der Waals surface area contributed by atoms with Gasteiger partial charge in [-0.1, -0.05) is 109 Å². The second kappa shape index (κ2) is 14.4. The van der Waals surface area contributed by atoms with Gasteiger partial charge in [-0.05, 0) is 40.3 Å². The van der Waals surface area contributed by atoms with Crippen molar-refractivity contribution >= 4 is 18.0 Å². The second-order valence-corrected chi connectivity index (χ2v) is 11.4. The number of rotatable bonds is 11. The van der Waals surface area contributed by atoms with E-state index in [1.165, 1.54) is 0 Å². The van der Waals surface area contributed by atoms with Crippen LogP contribution in [0.2, 0.25) is 0 Å². The minimum atomic E-state index is -0.946. The fraction of sp³-hybridized carbons (Fsp3) is 0.270. The van der Waals surface area contributed by atoms with Crippen LogP contribution in [0.3, 0.4) is 0 Å². The van der Waals surface area contributed by atoms with Crippen LogP contribution < -0.4 is 10.6 Å². The summed E-state index contributed by atoms with van der Waals surface area (Å²) < 4.78 is 11.0. The van der Waals surface area contributed by atoms with Gasteiger partial charge in [-0.25, -0.2) is 9.59 Å². The highest BCUT2D eigenvalue weighted by atomic mass is 16.7. The minimum absolute atomic E-state index is 0.110. The van der Waals surface area contributed by atoms with Crippen LogP contribution >= 0.6 is 0 Å². The Kier molecular flexibility index (Phi) is 9.71. The molecule has 4 aromatic rings. The molecule has 3 atom stereocenters. The van der Waals surface area contributed by atoms with Gasteiger partial charge in [0.1, 0.15) is 18.8 Å². The fourth-order valence-corrected chi connectivity index (χ4v) is 6.12. The molecule has 0 radical (unpaired) electrons. The first-order chi connectivity index (χ1) is 22.5. The number of amides is 2. The molecule has 1 aliphatic carbocycles. The van der Waals surface area contributed by atoms with Gasteiger partial charge in [0.2, 0.25) is 5.91 Å². The third kappa shape index (κ3) is 7.11. The number of fused-ring (bicyclic) bond motifs is 3. The SMILES string of the molecule is CCOC(=O)[C@H]1C[C@@H](NC(=O)[C@H](Cc2ccccc2)NC(=O)OCC2c3ccccc3-c3ccccc32)N(Cc2ccccc2)O1. The lowest BCUT2D eigenvalue weighted by Crippen LogP contribution is -2.53. The lowest BCUT2D eigenvalue weighted by Gasteiger charge is -2.26. The molecule has 2 amide bonds. The van der Waals surface area contributed by atoms with Gasteiger partial charge in [0.05, 0.1) is 13.2 Å². The van der Waals surface area contributed by atoms with E-state index in [0.717, 1.165) is 33.4 Å². The number of hydrogen-bond acceptors (Lipinski definition) is 7. The van der Waals surface area contributed by atoms with Gasteiger partial charge < -0.3 is 20.1 Å². The number of alkyl carbamates (subject to hydrolysis) is 1. The first-order valence-electron chi connectivity index (χ1n) is 15.6. The van der Waals surface area contributed by atoms with E-state index in [1.807, 2.05) is 84.9 Å². The maximum absolute atomic E-state index is 13.8. The van der Waals surface area contributed by atoms with E-state index in [0.29, 0.717) is 6.54 Å². The average molecular weight is 620 g/mol. The molecule has 9 heteroatoms. The first-order valence-corrected chi connectivity index (χ1v) is 15.6. The maximum atomic E-state index is 13.8. The Hall–Kier alpha value is -4.99. The topological polar surface area (TPSA) is 106 Å². The molecular weight excluding hydrogens is 582 g/mol. The minimum Gasteiger partial charge on any atom is -0.464 e. The Balaban J connectivity index is 1.16. The Morgan fingerprint density at radius 3 is 2.02 bits per heavy atom. The van der Waals surface area contributed by atoms with E-state index in [1.54, 1.807) is 12.0 Å². The summed E-state index contributed by atoms with van der Waals surface area (Å²) >= 11 is 0. The number of nitrogens with one attached hydrogen (secondary N) is 2. The lowest BCUT2D eigenvalue weighted by atomic mass is 9.98. The van der Waals surface area contributed by atoms with Crippen molar-refractivity contribution in [3.63, 3.8) is 0 Å². The molecule has 1 aliphatic heterocycles. The van der Waals surface area contributed by atoms with Crippen molar-refractivity contribution in [1.82, 2.24) is 15.7 Å². The molecular formula is C37H37N3O6. The average Bonchev–Trinajstić information content (AvgIpc) is 3.63. The molecule has 1 fully saturated rings. The van der Waals surface area contributed by atoms with Gasteiger partial charge in [-0.15, -0.1) is 0 Å². The normalized spacial score (nSPS) is 17.8. The van der Waals surface area contributed by atoms with Crippen LogP contribution in [0, 0.1) is 0 Å². The van der Waals surface area contributed by atoms with Gasteiger partial charge in [0.15, 0.2) is 6.10 Å². The van der Waals surface area contributed by atoms with Crippen molar-refractivity contribution in [1.29, 1.82) is 0 Å².